The zero-order valence-corrected chi connectivity index (χ0v) is 7.54. The van der Waals surface area contributed by atoms with Crippen LogP contribution >= 0.6 is 0 Å². The second kappa shape index (κ2) is 3.71. The molecule has 0 aromatic rings. The first kappa shape index (κ1) is 10.6. The van der Waals surface area contributed by atoms with Crippen LogP contribution in [0.25, 0.3) is 0 Å². The third-order valence-corrected chi connectivity index (χ3v) is 2.25. The highest BCUT2D eigenvalue weighted by Gasteiger charge is 2.43. The molecule has 0 bridgehead atoms. The number of aliphatic hydroxyl groups is 3. The van der Waals surface area contributed by atoms with Crippen molar-refractivity contribution in [1.82, 2.24) is 0 Å². The van der Waals surface area contributed by atoms with Gasteiger partial charge in [-0.05, 0) is 13.8 Å². The SMILES string of the molecule is CC(=O)C1OC(C)C(O)C(O)C1O. The summed E-state index contributed by atoms with van der Waals surface area (Å²) in [5.41, 5.74) is 0. The minimum atomic E-state index is -1.34. The van der Waals surface area contributed by atoms with Crippen LogP contribution < -0.4 is 0 Å². The lowest BCUT2D eigenvalue weighted by molar-refractivity contribution is -0.214. The average molecular weight is 190 g/mol. The van der Waals surface area contributed by atoms with Gasteiger partial charge in [0.05, 0.1) is 6.10 Å². The minimum Gasteiger partial charge on any atom is -0.388 e. The summed E-state index contributed by atoms with van der Waals surface area (Å²) >= 11 is 0. The second-order valence-corrected chi connectivity index (χ2v) is 3.34. The van der Waals surface area contributed by atoms with E-state index < -0.39 is 30.5 Å². The Kier molecular flexibility index (Phi) is 3.02. The summed E-state index contributed by atoms with van der Waals surface area (Å²) in [5, 5.41) is 27.9. The number of rotatable bonds is 1. The van der Waals surface area contributed by atoms with Crippen LogP contribution in [0.2, 0.25) is 0 Å². The Balaban J connectivity index is 2.76. The molecule has 1 heterocycles. The van der Waals surface area contributed by atoms with Gasteiger partial charge in [-0.3, -0.25) is 4.79 Å². The zero-order chi connectivity index (χ0) is 10.2. The predicted molar refractivity (Wildman–Crippen MR) is 43.0 cm³/mol. The molecule has 1 saturated heterocycles. The lowest BCUT2D eigenvalue weighted by atomic mass is 9.94. The summed E-state index contributed by atoms with van der Waals surface area (Å²) in [5.74, 6) is -0.356. The van der Waals surface area contributed by atoms with E-state index in [9.17, 15) is 20.1 Å². The molecule has 5 nitrogen and oxygen atoms in total. The van der Waals surface area contributed by atoms with Crippen LogP contribution in [0.1, 0.15) is 13.8 Å². The van der Waals surface area contributed by atoms with E-state index in [4.69, 9.17) is 4.74 Å². The topological polar surface area (TPSA) is 87.0 Å². The van der Waals surface area contributed by atoms with E-state index in [0.29, 0.717) is 0 Å². The number of hydrogen-bond acceptors (Lipinski definition) is 5. The molecule has 0 aromatic heterocycles. The molecule has 1 aliphatic rings. The molecular formula is C8H14O5. The van der Waals surface area contributed by atoms with Crippen molar-refractivity contribution in [3.63, 3.8) is 0 Å². The predicted octanol–water partition coefficient (Wildman–Crippen LogP) is -1.55. The van der Waals surface area contributed by atoms with Gasteiger partial charge in [0, 0.05) is 0 Å². The van der Waals surface area contributed by atoms with Gasteiger partial charge >= 0.3 is 0 Å². The molecule has 5 heteroatoms. The van der Waals surface area contributed by atoms with Crippen LogP contribution in [-0.4, -0.2) is 51.6 Å². The standard InChI is InChI=1S/C8H14O5/c1-3(9)8-7(12)6(11)5(10)4(2)13-8/h4-8,10-12H,1-2H3. The highest BCUT2D eigenvalue weighted by Crippen LogP contribution is 2.21. The van der Waals surface area contributed by atoms with E-state index in [0.717, 1.165) is 0 Å². The quantitative estimate of drug-likeness (QED) is 0.466. The molecule has 76 valence electrons. The van der Waals surface area contributed by atoms with Crippen LogP contribution in [0.3, 0.4) is 0 Å². The summed E-state index contributed by atoms with van der Waals surface area (Å²) in [7, 11) is 0. The molecule has 0 spiro atoms. The van der Waals surface area contributed by atoms with E-state index in [1.165, 1.54) is 13.8 Å². The van der Waals surface area contributed by atoms with Gasteiger partial charge in [0.25, 0.3) is 0 Å². The van der Waals surface area contributed by atoms with Gasteiger partial charge in [-0.25, -0.2) is 0 Å². The van der Waals surface area contributed by atoms with Gasteiger partial charge in [0.15, 0.2) is 5.78 Å². The lowest BCUT2D eigenvalue weighted by Crippen LogP contribution is -2.58. The highest BCUT2D eigenvalue weighted by molar-refractivity contribution is 5.81. The van der Waals surface area contributed by atoms with Crippen LogP contribution in [0, 0.1) is 0 Å². The number of carbonyl (C=O) groups excluding carboxylic acids is 1. The molecule has 0 saturated carbocycles. The number of ether oxygens (including phenoxy) is 1. The number of hydrogen-bond donors (Lipinski definition) is 3. The highest BCUT2D eigenvalue weighted by atomic mass is 16.5. The Morgan fingerprint density at radius 2 is 1.69 bits per heavy atom. The lowest BCUT2D eigenvalue weighted by Gasteiger charge is -2.38. The van der Waals surface area contributed by atoms with Crippen molar-refractivity contribution in [3.8, 4) is 0 Å². The zero-order valence-electron chi connectivity index (χ0n) is 7.54. The first-order chi connectivity index (χ1) is 5.95. The number of ketones is 1. The van der Waals surface area contributed by atoms with Crippen molar-refractivity contribution in [2.45, 2.75) is 44.4 Å². The number of carbonyl (C=O) groups is 1. The summed E-state index contributed by atoms with van der Waals surface area (Å²) in [6, 6.07) is 0. The molecular weight excluding hydrogens is 176 g/mol. The van der Waals surface area contributed by atoms with E-state index >= 15 is 0 Å². The molecule has 1 fully saturated rings. The maximum atomic E-state index is 10.9. The maximum Gasteiger partial charge on any atom is 0.161 e. The van der Waals surface area contributed by atoms with E-state index in [2.05, 4.69) is 0 Å². The fraction of sp³-hybridized carbons (Fsp3) is 0.875. The van der Waals surface area contributed by atoms with Crippen molar-refractivity contribution < 1.29 is 24.9 Å². The summed E-state index contributed by atoms with van der Waals surface area (Å²) in [4.78, 5) is 10.9. The van der Waals surface area contributed by atoms with Crippen LogP contribution in [0.15, 0.2) is 0 Å². The molecule has 13 heavy (non-hydrogen) atoms. The Bertz CT molecular complexity index is 205. The number of aliphatic hydroxyl groups excluding tert-OH is 3. The molecule has 5 atom stereocenters. The molecule has 1 rings (SSSR count). The van der Waals surface area contributed by atoms with E-state index in [-0.39, 0.29) is 5.78 Å². The minimum absolute atomic E-state index is 0.356. The molecule has 0 radical (unpaired) electrons. The van der Waals surface area contributed by atoms with E-state index in [1.54, 1.807) is 0 Å². The Hall–Kier alpha value is -0.490. The van der Waals surface area contributed by atoms with Gasteiger partial charge in [-0.1, -0.05) is 0 Å². The van der Waals surface area contributed by atoms with Gasteiger partial charge in [-0.15, -0.1) is 0 Å². The molecule has 3 N–H and O–H groups in total. The van der Waals surface area contributed by atoms with Crippen LogP contribution in [0.5, 0.6) is 0 Å². The van der Waals surface area contributed by atoms with Crippen LogP contribution in [-0.2, 0) is 9.53 Å². The summed E-state index contributed by atoms with van der Waals surface area (Å²) in [6.45, 7) is 2.81. The van der Waals surface area contributed by atoms with Crippen molar-refractivity contribution in [2.24, 2.45) is 0 Å². The smallest absolute Gasteiger partial charge is 0.161 e. The third-order valence-electron chi connectivity index (χ3n) is 2.25. The fourth-order valence-corrected chi connectivity index (χ4v) is 1.39. The Morgan fingerprint density at radius 3 is 2.15 bits per heavy atom. The molecule has 0 aliphatic carbocycles. The largest absolute Gasteiger partial charge is 0.388 e. The molecule has 0 aromatic carbocycles. The summed E-state index contributed by atoms with van der Waals surface area (Å²) in [6.07, 6.45) is -5.49. The van der Waals surface area contributed by atoms with Gasteiger partial charge in [0.1, 0.15) is 24.4 Å². The Labute approximate surface area is 75.9 Å². The van der Waals surface area contributed by atoms with E-state index in [1.807, 2.05) is 0 Å². The van der Waals surface area contributed by atoms with Gasteiger partial charge < -0.3 is 20.1 Å². The third kappa shape index (κ3) is 1.88. The second-order valence-electron chi connectivity index (χ2n) is 3.34. The Morgan fingerprint density at radius 1 is 1.15 bits per heavy atom. The van der Waals surface area contributed by atoms with Crippen molar-refractivity contribution in [2.75, 3.05) is 0 Å². The van der Waals surface area contributed by atoms with Crippen LogP contribution in [0.4, 0.5) is 0 Å². The fourth-order valence-electron chi connectivity index (χ4n) is 1.39. The first-order valence-corrected chi connectivity index (χ1v) is 4.15. The monoisotopic (exact) mass is 190 g/mol. The average Bonchev–Trinajstić information content (AvgIpc) is 2.07. The first-order valence-electron chi connectivity index (χ1n) is 4.15. The van der Waals surface area contributed by atoms with Crippen molar-refractivity contribution >= 4 is 5.78 Å². The normalized spacial score (nSPS) is 46.1. The van der Waals surface area contributed by atoms with Crippen molar-refractivity contribution in [1.29, 1.82) is 0 Å². The van der Waals surface area contributed by atoms with Gasteiger partial charge in [-0.2, -0.15) is 0 Å². The summed E-state index contributed by atoms with van der Waals surface area (Å²) < 4.78 is 5.03. The number of Topliss-reactive ketones (excluding diaryl/α,β-unsaturated/α-hetero) is 1. The maximum absolute atomic E-state index is 10.9. The van der Waals surface area contributed by atoms with Crippen molar-refractivity contribution in [3.05, 3.63) is 0 Å². The molecule has 0 amide bonds. The van der Waals surface area contributed by atoms with Gasteiger partial charge in [0.2, 0.25) is 0 Å². The molecule has 5 unspecified atom stereocenters. The molecule has 1 aliphatic heterocycles.